The first-order valence-corrected chi connectivity index (χ1v) is 8.99. The molecule has 0 saturated carbocycles. The molecule has 0 unspecified atom stereocenters. The Balaban J connectivity index is 1.89. The Bertz CT molecular complexity index is 1210. The molecule has 0 aliphatic heterocycles. The average Bonchev–Trinajstić information content (AvgIpc) is 3.07. The van der Waals surface area contributed by atoms with E-state index in [9.17, 15) is 20.2 Å². The maximum Gasteiger partial charge on any atom is 0.290 e. The number of benzene rings is 2. The van der Waals surface area contributed by atoms with Crippen LogP contribution in [-0.4, -0.2) is 19.2 Å². The third-order valence-corrected chi connectivity index (χ3v) is 5.24. The van der Waals surface area contributed by atoms with Crippen molar-refractivity contribution in [3.05, 3.63) is 93.2 Å². The molecular weight excluding hydrogens is 380 g/mol. The Hall–Kier alpha value is -3.72. The Morgan fingerprint density at radius 3 is 2.36 bits per heavy atom. The zero-order valence-corrected chi connectivity index (χ0v) is 15.1. The summed E-state index contributed by atoms with van der Waals surface area (Å²) in [7, 11) is 0. The van der Waals surface area contributed by atoms with Crippen molar-refractivity contribution >= 4 is 28.8 Å². The van der Waals surface area contributed by atoms with E-state index in [1.54, 1.807) is 0 Å². The molecule has 138 valence electrons. The van der Waals surface area contributed by atoms with Crippen molar-refractivity contribution in [2.75, 3.05) is 0 Å². The van der Waals surface area contributed by atoms with Crippen LogP contribution in [0.5, 0.6) is 0 Å². The van der Waals surface area contributed by atoms with E-state index in [2.05, 4.69) is 4.98 Å². The predicted molar refractivity (Wildman–Crippen MR) is 105 cm³/mol. The van der Waals surface area contributed by atoms with Crippen LogP contribution in [0.2, 0.25) is 0 Å². The second-order valence-electron chi connectivity index (χ2n) is 5.83. The SMILES string of the molecule is O=[N+]([O-])c1ccc(Sc2c(-c3ccccc3)nc3ccccn23)c([N+](=O)[O-])c1. The van der Waals surface area contributed by atoms with Gasteiger partial charge in [0.1, 0.15) is 16.4 Å². The fraction of sp³-hybridized carbons (Fsp3) is 0. The van der Waals surface area contributed by atoms with E-state index in [0.717, 1.165) is 23.4 Å². The lowest BCUT2D eigenvalue weighted by atomic mass is 10.2. The zero-order chi connectivity index (χ0) is 19.7. The highest BCUT2D eigenvalue weighted by Gasteiger charge is 2.23. The Kier molecular flexibility index (Phi) is 4.50. The van der Waals surface area contributed by atoms with Gasteiger partial charge in [-0.1, -0.05) is 48.2 Å². The highest BCUT2D eigenvalue weighted by Crippen LogP contribution is 2.41. The summed E-state index contributed by atoms with van der Waals surface area (Å²) < 4.78 is 1.85. The largest absolute Gasteiger partial charge is 0.294 e. The van der Waals surface area contributed by atoms with Crippen LogP contribution in [0.3, 0.4) is 0 Å². The van der Waals surface area contributed by atoms with Crippen molar-refractivity contribution in [3.8, 4) is 11.3 Å². The number of nitrogens with zero attached hydrogens (tertiary/aromatic N) is 4. The fourth-order valence-corrected chi connectivity index (χ4v) is 3.90. The first-order chi connectivity index (χ1) is 13.5. The summed E-state index contributed by atoms with van der Waals surface area (Å²) in [5.74, 6) is 0. The van der Waals surface area contributed by atoms with Gasteiger partial charge in [-0.15, -0.1) is 0 Å². The number of pyridine rings is 1. The van der Waals surface area contributed by atoms with Crippen LogP contribution in [0.4, 0.5) is 11.4 Å². The van der Waals surface area contributed by atoms with Crippen molar-refractivity contribution in [2.45, 2.75) is 9.92 Å². The number of fused-ring (bicyclic) bond motifs is 1. The predicted octanol–water partition coefficient (Wildman–Crippen LogP) is 4.97. The minimum atomic E-state index is -0.648. The van der Waals surface area contributed by atoms with Crippen molar-refractivity contribution in [2.24, 2.45) is 0 Å². The zero-order valence-electron chi connectivity index (χ0n) is 14.3. The topological polar surface area (TPSA) is 104 Å². The normalized spacial score (nSPS) is 10.9. The molecule has 0 N–H and O–H groups in total. The van der Waals surface area contributed by atoms with Crippen LogP contribution in [0, 0.1) is 20.2 Å². The molecular formula is C19H12N4O4S. The molecule has 0 spiro atoms. The summed E-state index contributed by atoms with van der Waals surface area (Å²) in [5.41, 5.74) is 1.62. The van der Waals surface area contributed by atoms with Crippen molar-refractivity contribution in [1.29, 1.82) is 0 Å². The lowest BCUT2D eigenvalue weighted by Gasteiger charge is -2.06. The minimum Gasteiger partial charge on any atom is -0.294 e. The van der Waals surface area contributed by atoms with Gasteiger partial charge >= 0.3 is 0 Å². The van der Waals surface area contributed by atoms with E-state index in [0.29, 0.717) is 21.3 Å². The summed E-state index contributed by atoms with van der Waals surface area (Å²) in [6.07, 6.45) is 1.83. The quantitative estimate of drug-likeness (QED) is 0.351. The number of aromatic nitrogens is 2. The van der Waals surface area contributed by atoms with Crippen LogP contribution < -0.4 is 0 Å². The van der Waals surface area contributed by atoms with Gasteiger partial charge in [0.05, 0.1) is 20.8 Å². The monoisotopic (exact) mass is 392 g/mol. The summed E-state index contributed by atoms with van der Waals surface area (Å²) in [6, 6.07) is 18.7. The number of nitro groups is 2. The standard InChI is InChI=1S/C19H12N4O4S/c24-22(25)14-9-10-16(15(12-14)23(26)27)28-19-18(13-6-2-1-3-7-13)20-17-8-4-5-11-21(17)19/h1-12H. The molecule has 28 heavy (non-hydrogen) atoms. The highest BCUT2D eigenvalue weighted by atomic mass is 32.2. The number of imidazole rings is 1. The number of hydrogen-bond acceptors (Lipinski definition) is 6. The van der Waals surface area contributed by atoms with Crippen molar-refractivity contribution in [1.82, 2.24) is 9.38 Å². The molecule has 2 heterocycles. The minimum absolute atomic E-state index is 0.304. The van der Waals surface area contributed by atoms with E-state index in [1.165, 1.54) is 12.1 Å². The molecule has 0 amide bonds. The van der Waals surface area contributed by atoms with Gasteiger partial charge in [-0.3, -0.25) is 24.6 Å². The Morgan fingerprint density at radius 2 is 1.64 bits per heavy atom. The molecule has 0 aliphatic rings. The second kappa shape index (κ2) is 7.12. The molecule has 2 aromatic heterocycles. The van der Waals surface area contributed by atoms with Crippen molar-refractivity contribution < 1.29 is 9.85 Å². The van der Waals surface area contributed by atoms with Crippen LogP contribution in [0.25, 0.3) is 16.9 Å². The molecule has 9 heteroatoms. The third-order valence-electron chi connectivity index (χ3n) is 4.09. The molecule has 0 radical (unpaired) electrons. The molecule has 2 aromatic carbocycles. The number of hydrogen-bond donors (Lipinski definition) is 0. The summed E-state index contributed by atoms with van der Waals surface area (Å²) in [6.45, 7) is 0. The maximum atomic E-state index is 11.5. The van der Waals surface area contributed by atoms with E-state index in [4.69, 9.17) is 0 Å². The van der Waals surface area contributed by atoms with Gasteiger partial charge in [-0.2, -0.15) is 0 Å². The molecule has 4 rings (SSSR count). The first-order valence-electron chi connectivity index (χ1n) is 8.18. The number of rotatable bonds is 5. The van der Waals surface area contributed by atoms with Crippen molar-refractivity contribution in [3.63, 3.8) is 0 Å². The molecule has 0 aliphatic carbocycles. The molecule has 8 nitrogen and oxygen atoms in total. The summed E-state index contributed by atoms with van der Waals surface area (Å²) in [5, 5.41) is 23.2. The number of nitro benzene ring substituents is 2. The highest BCUT2D eigenvalue weighted by molar-refractivity contribution is 7.99. The van der Waals surface area contributed by atoms with E-state index < -0.39 is 9.85 Å². The smallest absolute Gasteiger partial charge is 0.290 e. The van der Waals surface area contributed by atoms with Gasteiger partial charge in [-0.25, -0.2) is 4.98 Å². The van der Waals surface area contributed by atoms with E-state index in [1.807, 2.05) is 59.1 Å². The second-order valence-corrected chi connectivity index (χ2v) is 6.86. The summed E-state index contributed by atoms with van der Waals surface area (Å²) >= 11 is 1.16. The maximum absolute atomic E-state index is 11.5. The van der Waals surface area contributed by atoms with Gasteiger partial charge in [-0.05, 0) is 18.2 Å². The molecule has 4 aromatic rings. The number of non-ortho nitro benzene ring substituents is 1. The van der Waals surface area contributed by atoms with E-state index >= 15 is 0 Å². The third kappa shape index (κ3) is 3.19. The van der Waals surface area contributed by atoms with E-state index in [-0.39, 0.29) is 11.4 Å². The molecule has 0 atom stereocenters. The fourth-order valence-electron chi connectivity index (χ4n) is 2.81. The van der Waals surface area contributed by atoms with Crippen LogP contribution in [0.15, 0.2) is 82.8 Å². The summed E-state index contributed by atoms with van der Waals surface area (Å²) in [4.78, 5) is 26.2. The molecule has 0 saturated heterocycles. The van der Waals surface area contributed by atoms with Gasteiger partial charge in [0.2, 0.25) is 0 Å². The Labute approximate surface area is 162 Å². The Morgan fingerprint density at radius 1 is 0.893 bits per heavy atom. The lowest BCUT2D eigenvalue weighted by molar-refractivity contribution is -0.396. The van der Waals surface area contributed by atoms with Crippen LogP contribution in [-0.2, 0) is 0 Å². The van der Waals surface area contributed by atoms with Gasteiger partial charge in [0.15, 0.2) is 0 Å². The first kappa shape index (κ1) is 17.7. The van der Waals surface area contributed by atoms with Crippen LogP contribution in [0.1, 0.15) is 0 Å². The molecule has 0 bridgehead atoms. The molecule has 0 fully saturated rings. The average molecular weight is 392 g/mol. The lowest BCUT2D eigenvalue weighted by Crippen LogP contribution is -1.95. The van der Waals surface area contributed by atoms with Crippen LogP contribution >= 0.6 is 11.8 Å². The van der Waals surface area contributed by atoms with Gasteiger partial charge in [0, 0.05) is 17.8 Å². The van der Waals surface area contributed by atoms with Gasteiger partial charge < -0.3 is 0 Å². The van der Waals surface area contributed by atoms with Gasteiger partial charge in [0.25, 0.3) is 11.4 Å².